The average molecular weight is 238 g/mol. The zero-order chi connectivity index (χ0) is 12.7. The van der Waals surface area contributed by atoms with Crippen LogP contribution in [0.2, 0.25) is 0 Å². The first kappa shape index (κ1) is 13.5. The molecule has 0 atom stereocenters. The van der Waals surface area contributed by atoms with Gasteiger partial charge in [0, 0.05) is 6.61 Å². The Bertz CT molecular complexity index is 360. The van der Waals surface area contributed by atoms with E-state index in [2.05, 4.69) is 0 Å². The monoisotopic (exact) mass is 238 g/mol. The molecule has 0 saturated heterocycles. The predicted octanol–water partition coefficient (Wildman–Crippen LogP) is 1.59. The van der Waals surface area contributed by atoms with Crippen LogP contribution in [0, 0.1) is 0 Å². The maximum Gasteiger partial charge on any atom is 0.130 e. The molecule has 0 radical (unpaired) electrons. The fraction of sp³-hybridized carbons (Fsp3) is 0.385. The number of ether oxygens (including phenoxy) is 2. The first-order valence-electron chi connectivity index (χ1n) is 5.40. The van der Waals surface area contributed by atoms with Gasteiger partial charge in [-0.05, 0) is 24.1 Å². The van der Waals surface area contributed by atoms with Crippen molar-refractivity contribution in [2.24, 2.45) is 0 Å². The molecule has 0 saturated carbocycles. The molecule has 1 rings (SSSR count). The third-order valence-electron chi connectivity index (χ3n) is 2.37. The minimum absolute atomic E-state index is 0.0621. The van der Waals surface area contributed by atoms with E-state index in [1.165, 1.54) is 0 Å². The Morgan fingerprint density at radius 1 is 1.12 bits per heavy atom. The molecule has 17 heavy (non-hydrogen) atoms. The smallest absolute Gasteiger partial charge is 0.130 e. The van der Waals surface area contributed by atoms with E-state index in [0.29, 0.717) is 17.9 Å². The summed E-state index contributed by atoms with van der Waals surface area (Å²) in [6, 6.07) is 3.53. The largest absolute Gasteiger partial charge is 0.496 e. The van der Waals surface area contributed by atoms with Crippen LogP contribution in [0.3, 0.4) is 0 Å². The van der Waals surface area contributed by atoms with Crippen LogP contribution in [0.1, 0.15) is 17.5 Å². The van der Waals surface area contributed by atoms with Gasteiger partial charge in [-0.15, -0.1) is 0 Å². The number of aliphatic hydroxyl groups is 2. The van der Waals surface area contributed by atoms with Gasteiger partial charge in [-0.2, -0.15) is 0 Å². The summed E-state index contributed by atoms with van der Waals surface area (Å²) in [6.07, 6.45) is 4.27. The topological polar surface area (TPSA) is 58.9 Å². The van der Waals surface area contributed by atoms with E-state index in [0.717, 1.165) is 11.1 Å². The number of hydrogen-bond acceptors (Lipinski definition) is 4. The third kappa shape index (κ3) is 3.47. The Hall–Kier alpha value is -1.52. The van der Waals surface area contributed by atoms with Gasteiger partial charge in [-0.25, -0.2) is 0 Å². The molecular formula is C13H18O4. The van der Waals surface area contributed by atoms with Gasteiger partial charge in [0.1, 0.15) is 11.5 Å². The molecule has 0 unspecified atom stereocenters. The van der Waals surface area contributed by atoms with Crippen LogP contribution in [0.5, 0.6) is 11.5 Å². The summed E-state index contributed by atoms with van der Waals surface area (Å²) in [4.78, 5) is 0. The van der Waals surface area contributed by atoms with Gasteiger partial charge >= 0.3 is 0 Å². The molecule has 1 aromatic carbocycles. The molecule has 0 amide bonds. The Morgan fingerprint density at radius 3 is 2.12 bits per heavy atom. The van der Waals surface area contributed by atoms with Crippen molar-refractivity contribution in [2.45, 2.75) is 13.0 Å². The molecule has 0 heterocycles. The first-order chi connectivity index (χ1) is 8.26. The van der Waals surface area contributed by atoms with Crippen molar-refractivity contribution < 1.29 is 19.7 Å². The highest BCUT2D eigenvalue weighted by molar-refractivity contribution is 5.65. The number of rotatable bonds is 6. The van der Waals surface area contributed by atoms with E-state index in [4.69, 9.17) is 19.7 Å². The molecule has 0 aliphatic heterocycles. The Labute approximate surface area is 101 Å². The summed E-state index contributed by atoms with van der Waals surface area (Å²) >= 11 is 0. The van der Waals surface area contributed by atoms with Crippen molar-refractivity contribution in [3.05, 3.63) is 29.3 Å². The van der Waals surface area contributed by atoms with Crippen molar-refractivity contribution in [1.29, 1.82) is 0 Å². The quantitative estimate of drug-likeness (QED) is 0.790. The molecule has 0 fully saturated rings. The van der Waals surface area contributed by atoms with E-state index in [-0.39, 0.29) is 13.2 Å². The highest BCUT2D eigenvalue weighted by Crippen LogP contribution is 2.31. The van der Waals surface area contributed by atoms with Crippen molar-refractivity contribution in [2.75, 3.05) is 20.8 Å². The number of methoxy groups -OCH3 is 2. The lowest BCUT2D eigenvalue weighted by atomic mass is 10.1. The Balaban J connectivity index is 3.15. The van der Waals surface area contributed by atoms with Crippen LogP contribution in [-0.4, -0.2) is 31.0 Å². The van der Waals surface area contributed by atoms with Crippen molar-refractivity contribution >= 4 is 6.08 Å². The second kappa shape index (κ2) is 6.93. The van der Waals surface area contributed by atoms with Crippen LogP contribution in [0.25, 0.3) is 6.08 Å². The molecule has 0 bridgehead atoms. The summed E-state index contributed by atoms with van der Waals surface area (Å²) < 4.78 is 10.5. The SMILES string of the molecule is COc1cc(CO)cc(OC)c1C=CCCO. The Kier molecular flexibility index (Phi) is 5.52. The summed E-state index contributed by atoms with van der Waals surface area (Å²) in [6.45, 7) is 0.0449. The van der Waals surface area contributed by atoms with Gasteiger partial charge in [0.2, 0.25) is 0 Å². The van der Waals surface area contributed by atoms with Gasteiger partial charge in [0.15, 0.2) is 0 Å². The molecule has 0 aromatic heterocycles. The van der Waals surface area contributed by atoms with E-state index in [9.17, 15) is 0 Å². The second-order valence-corrected chi connectivity index (χ2v) is 3.49. The van der Waals surface area contributed by atoms with Gasteiger partial charge < -0.3 is 19.7 Å². The minimum Gasteiger partial charge on any atom is -0.496 e. The molecule has 2 N–H and O–H groups in total. The molecule has 94 valence electrons. The lowest BCUT2D eigenvalue weighted by molar-refractivity contribution is 0.280. The molecule has 4 heteroatoms. The summed E-state index contributed by atoms with van der Waals surface area (Å²) in [5, 5.41) is 17.9. The highest BCUT2D eigenvalue weighted by Gasteiger charge is 2.09. The number of benzene rings is 1. The van der Waals surface area contributed by atoms with E-state index in [1.807, 2.05) is 12.2 Å². The Morgan fingerprint density at radius 2 is 1.71 bits per heavy atom. The van der Waals surface area contributed by atoms with Crippen LogP contribution >= 0.6 is 0 Å². The third-order valence-corrected chi connectivity index (χ3v) is 2.37. The fourth-order valence-electron chi connectivity index (χ4n) is 1.52. The van der Waals surface area contributed by atoms with Crippen LogP contribution in [0.4, 0.5) is 0 Å². The summed E-state index contributed by atoms with van der Waals surface area (Å²) in [5.74, 6) is 1.28. The van der Waals surface area contributed by atoms with E-state index in [1.54, 1.807) is 26.4 Å². The van der Waals surface area contributed by atoms with E-state index < -0.39 is 0 Å². The maximum absolute atomic E-state index is 9.12. The van der Waals surface area contributed by atoms with Gasteiger partial charge in [0.25, 0.3) is 0 Å². The molecule has 0 spiro atoms. The fourth-order valence-corrected chi connectivity index (χ4v) is 1.52. The maximum atomic E-state index is 9.12. The van der Waals surface area contributed by atoms with Crippen LogP contribution < -0.4 is 9.47 Å². The zero-order valence-electron chi connectivity index (χ0n) is 10.1. The van der Waals surface area contributed by atoms with Gasteiger partial charge in [0.05, 0.1) is 26.4 Å². The van der Waals surface area contributed by atoms with Crippen LogP contribution in [0.15, 0.2) is 18.2 Å². The lowest BCUT2D eigenvalue weighted by Crippen LogP contribution is -1.95. The first-order valence-corrected chi connectivity index (χ1v) is 5.40. The molecule has 0 aliphatic carbocycles. The van der Waals surface area contributed by atoms with Crippen molar-refractivity contribution in [3.8, 4) is 11.5 Å². The number of aliphatic hydroxyl groups excluding tert-OH is 2. The molecule has 1 aromatic rings. The number of hydrogen-bond donors (Lipinski definition) is 2. The zero-order valence-corrected chi connectivity index (χ0v) is 10.1. The van der Waals surface area contributed by atoms with Crippen LogP contribution in [-0.2, 0) is 6.61 Å². The van der Waals surface area contributed by atoms with E-state index >= 15 is 0 Å². The van der Waals surface area contributed by atoms with Gasteiger partial charge in [-0.3, -0.25) is 0 Å². The van der Waals surface area contributed by atoms with Gasteiger partial charge in [-0.1, -0.05) is 12.2 Å². The normalized spacial score (nSPS) is 10.8. The molecule has 4 nitrogen and oxygen atoms in total. The summed E-state index contributed by atoms with van der Waals surface area (Å²) in [5.41, 5.74) is 1.54. The van der Waals surface area contributed by atoms with Crippen molar-refractivity contribution in [3.63, 3.8) is 0 Å². The highest BCUT2D eigenvalue weighted by atomic mass is 16.5. The molecule has 0 aliphatic rings. The lowest BCUT2D eigenvalue weighted by Gasteiger charge is -2.12. The summed E-state index contributed by atoms with van der Waals surface area (Å²) in [7, 11) is 3.14. The second-order valence-electron chi connectivity index (χ2n) is 3.49. The predicted molar refractivity (Wildman–Crippen MR) is 66.2 cm³/mol. The standard InChI is InChI=1S/C13H18O4/c1-16-12-7-10(9-15)8-13(17-2)11(12)5-3-4-6-14/h3,5,7-8,14-15H,4,6,9H2,1-2H3. The minimum atomic E-state index is -0.0621. The molecular weight excluding hydrogens is 220 g/mol. The average Bonchev–Trinajstić information content (AvgIpc) is 2.38. The van der Waals surface area contributed by atoms with Crippen molar-refractivity contribution in [1.82, 2.24) is 0 Å².